The molecule has 0 radical (unpaired) electrons. The maximum Gasteiger partial charge on any atom is -1.00 e. The average molecular weight is 265 g/mol. The summed E-state index contributed by atoms with van der Waals surface area (Å²) in [6, 6.07) is 10.8. The average Bonchev–Trinajstić information content (AvgIpc) is 2.46. The summed E-state index contributed by atoms with van der Waals surface area (Å²) in [5, 5.41) is 6.08. The summed E-state index contributed by atoms with van der Waals surface area (Å²) in [4.78, 5) is 3.47. The summed E-state index contributed by atoms with van der Waals surface area (Å²) in [5.74, 6) is 0. The van der Waals surface area contributed by atoms with Gasteiger partial charge >= 0.3 is 78.5 Å². The molecule has 0 saturated heterocycles. The molecule has 4 heteroatoms. The van der Waals surface area contributed by atoms with E-state index in [0.29, 0.717) is 0 Å². The van der Waals surface area contributed by atoms with Gasteiger partial charge in [-0.3, -0.25) is 0 Å². The number of para-hydroxylation sites is 1. The van der Waals surface area contributed by atoms with Gasteiger partial charge in [-0.25, -0.2) is 0 Å². The molecule has 0 aliphatic carbocycles. The van der Waals surface area contributed by atoms with Gasteiger partial charge < -0.3 is 24.8 Å². The SMILES string of the molecule is [CH3][Ti+2]([CH3])[c]1cc2ccccc2[nH]1.[Cl-].[Cl-]. The van der Waals surface area contributed by atoms with Gasteiger partial charge in [-0.15, -0.1) is 0 Å². The Bertz CT molecular complexity index is 365. The molecule has 1 heterocycles. The van der Waals surface area contributed by atoms with Crippen molar-refractivity contribution in [3.63, 3.8) is 0 Å². The summed E-state index contributed by atoms with van der Waals surface area (Å²) in [6.07, 6.45) is 0. The Hall–Kier alpha value is 0.0543. The number of benzene rings is 1. The zero-order chi connectivity index (χ0) is 8.55. The number of rotatable bonds is 1. The van der Waals surface area contributed by atoms with Gasteiger partial charge in [-0.1, -0.05) is 0 Å². The molecule has 2 aromatic rings. The van der Waals surface area contributed by atoms with Crippen molar-refractivity contribution >= 4 is 14.9 Å². The van der Waals surface area contributed by atoms with Crippen molar-refractivity contribution in [1.29, 1.82) is 0 Å². The van der Waals surface area contributed by atoms with Crippen LogP contribution in [0, 0.1) is 0 Å². The molecule has 0 aliphatic heterocycles. The minimum atomic E-state index is -0.908. The van der Waals surface area contributed by atoms with Gasteiger partial charge in [0.15, 0.2) is 0 Å². The molecular formula is C10H12Cl2NTi. The van der Waals surface area contributed by atoms with E-state index in [1.807, 2.05) is 0 Å². The molecule has 2 rings (SSSR count). The number of H-pyrrole nitrogens is 1. The molecule has 0 aliphatic rings. The van der Waals surface area contributed by atoms with Crippen molar-refractivity contribution in [3.05, 3.63) is 30.3 Å². The quantitative estimate of drug-likeness (QED) is 0.515. The monoisotopic (exact) mass is 264 g/mol. The van der Waals surface area contributed by atoms with Gasteiger partial charge in [0.2, 0.25) is 0 Å². The normalized spacial score (nSPS) is 9.00. The van der Waals surface area contributed by atoms with Crippen LogP contribution in [0.25, 0.3) is 10.9 Å². The standard InChI is InChI=1S/C8H6N.2CH3.2ClH.Ti/c1-2-4-8-7(3-1)5-6-9-8;;;;;/h1-5,9H;2*1H3;2*1H;/q;;;;;+2/p-2. The molecule has 0 fully saturated rings. The molecule has 0 spiro atoms. The Kier molecular flexibility index (Phi) is 5.84. The molecule has 1 aromatic heterocycles. The molecule has 1 nitrogen and oxygen atoms in total. The molecular weight excluding hydrogens is 253 g/mol. The van der Waals surface area contributed by atoms with E-state index < -0.39 is 17.9 Å². The van der Waals surface area contributed by atoms with E-state index in [2.05, 4.69) is 45.8 Å². The molecule has 0 unspecified atom stereocenters. The van der Waals surface area contributed by atoms with Crippen LogP contribution in [0.4, 0.5) is 0 Å². The number of aromatic nitrogens is 1. The van der Waals surface area contributed by atoms with Crippen LogP contribution in [0.3, 0.4) is 0 Å². The van der Waals surface area contributed by atoms with Crippen molar-refractivity contribution in [1.82, 2.24) is 4.98 Å². The molecule has 0 saturated carbocycles. The van der Waals surface area contributed by atoms with Crippen molar-refractivity contribution in [2.45, 2.75) is 10.5 Å². The molecule has 0 bridgehead atoms. The van der Waals surface area contributed by atoms with Crippen molar-refractivity contribution in [2.75, 3.05) is 0 Å². The van der Waals surface area contributed by atoms with Crippen LogP contribution in [0.1, 0.15) is 0 Å². The van der Waals surface area contributed by atoms with Gasteiger partial charge in [0.25, 0.3) is 0 Å². The van der Waals surface area contributed by atoms with Crippen molar-refractivity contribution in [2.24, 2.45) is 0 Å². The maximum atomic E-state index is 3.47. The minimum absolute atomic E-state index is 0. The Morgan fingerprint density at radius 3 is 2.29 bits per heavy atom. The molecule has 0 amide bonds. The van der Waals surface area contributed by atoms with Crippen LogP contribution >= 0.6 is 0 Å². The minimum Gasteiger partial charge on any atom is -1.00 e. The number of hydrogen-bond donors (Lipinski definition) is 1. The first-order valence-corrected chi connectivity index (χ1v) is 8.06. The first-order valence-electron chi connectivity index (χ1n) is 4.15. The fourth-order valence-electron chi connectivity index (χ4n) is 1.34. The second-order valence-corrected chi connectivity index (χ2v) is 7.23. The topological polar surface area (TPSA) is 15.8 Å². The van der Waals surface area contributed by atoms with E-state index in [4.69, 9.17) is 0 Å². The molecule has 1 aromatic carbocycles. The smallest absolute Gasteiger partial charge is 1.00 e. The summed E-state index contributed by atoms with van der Waals surface area (Å²) in [7, 11) is 0. The third-order valence-electron chi connectivity index (χ3n) is 2.07. The Balaban J connectivity index is 0.000000845. The third kappa shape index (κ3) is 2.77. The number of aromatic amines is 1. The number of nitrogens with one attached hydrogen (secondary N) is 1. The van der Waals surface area contributed by atoms with E-state index in [0.717, 1.165) is 0 Å². The second kappa shape index (κ2) is 5.82. The first-order chi connectivity index (χ1) is 5.77. The Labute approximate surface area is 103 Å². The van der Waals surface area contributed by atoms with Gasteiger partial charge in [0.1, 0.15) is 0 Å². The van der Waals surface area contributed by atoms with Gasteiger partial charge in [-0.05, 0) is 0 Å². The van der Waals surface area contributed by atoms with Gasteiger partial charge in [0.05, 0.1) is 0 Å². The third-order valence-corrected chi connectivity index (χ3v) is 4.17. The molecule has 1 N–H and O–H groups in total. The maximum absolute atomic E-state index is 3.47. The number of fused-ring (bicyclic) bond motifs is 1. The summed E-state index contributed by atoms with van der Waals surface area (Å²) >= 11 is -0.908. The van der Waals surface area contributed by atoms with Crippen LogP contribution < -0.4 is 28.8 Å². The fraction of sp³-hybridized carbons (Fsp3) is 0.200. The van der Waals surface area contributed by atoms with E-state index in [9.17, 15) is 0 Å². The fourth-order valence-corrected chi connectivity index (χ4v) is 2.64. The van der Waals surface area contributed by atoms with E-state index >= 15 is 0 Å². The van der Waals surface area contributed by atoms with Crippen LogP contribution in [-0.2, 0) is 17.9 Å². The number of halogens is 2. The second-order valence-electron chi connectivity index (χ2n) is 3.27. The summed E-state index contributed by atoms with van der Waals surface area (Å²) in [5.41, 5.74) is 1.28. The largest absolute Gasteiger partial charge is 1.00 e. The Morgan fingerprint density at radius 2 is 1.71 bits per heavy atom. The van der Waals surface area contributed by atoms with Gasteiger partial charge in [0, 0.05) is 0 Å². The zero-order valence-electron chi connectivity index (χ0n) is 8.14. The van der Waals surface area contributed by atoms with Crippen molar-refractivity contribution < 1.29 is 42.7 Å². The van der Waals surface area contributed by atoms with Gasteiger partial charge in [-0.2, -0.15) is 0 Å². The van der Waals surface area contributed by atoms with E-state index in [-0.39, 0.29) is 24.8 Å². The van der Waals surface area contributed by atoms with Crippen LogP contribution in [0.5, 0.6) is 0 Å². The predicted octanol–water partition coefficient (Wildman–Crippen LogP) is -3.48. The molecule has 0 atom stereocenters. The van der Waals surface area contributed by atoms with Crippen LogP contribution in [0.15, 0.2) is 30.3 Å². The summed E-state index contributed by atoms with van der Waals surface area (Å²) in [6.45, 7) is 0. The van der Waals surface area contributed by atoms with Crippen LogP contribution in [-0.4, -0.2) is 4.98 Å². The Morgan fingerprint density at radius 1 is 1.07 bits per heavy atom. The molecule has 14 heavy (non-hydrogen) atoms. The first kappa shape index (κ1) is 14.1. The predicted molar refractivity (Wildman–Crippen MR) is 49.7 cm³/mol. The van der Waals surface area contributed by atoms with Crippen LogP contribution in [0.2, 0.25) is 10.5 Å². The van der Waals surface area contributed by atoms with E-state index in [1.165, 1.54) is 14.9 Å². The zero-order valence-corrected chi connectivity index (χ0v) is 11.2. The summed E-state index contributed by atoms with van der Waals surface area (Å²) < 4.78 is 1.48. The molecule has 75 valence electrons. The van der Waals surface area contributed by atoms with E-state index in [1.54, 1.807) is 0 Å². The van der Waals surface area contributed by atoms with Crippen molar-refractivity contribution in [3.8, 4) is 0 Å². The number of hydrogen-bond acceptors (Lipinski definition) is 0.